The molecular formula is C22H27N3O3. The molecule has 0 unspecified atom stereocenters. The largest absolute Gasteiger partial charge is 0.449 e. The third kappa shape index (κ3) is 6.08. The van der Waals surface area contributed by atoms with Crippen LogP contribution in [-0.4, -0.2) is 33.8 Å². The molecule has 3 rings (SSSR count). The SMILES string of the molecule is C[C@H](OC(=O)/C=C/c1cnn(Cc2ccccc2)c1)C(=O)NC1CCCCC1. The third-order valence-corrected chi connectivity index (χ3v) is 4.87. The maximum absolute atomic E-state index is 12.2. The van der Waals surface area contributed by atoms with Crippen molar-refractivity contribution in [3.63, 3.8) is 0 Å². The molecule has 148 valence electrons. The zero-order valence-electron chi connectivity index (χ0n) is 16.2. The van der Waals surface area contributed by atoms with Gasteiger partial charge in [-0.15, -0.1) is 0 Å². The van der Waals surface area contributed by atoms with Gasteiger partial charge in [-0.2, -0.15) is 5.10 Å². The van der Waals surface area contributed by atoms with E-state index in [1.54, 1.807) is 23.9 Å². The normalized spacial score (nSPS) is 16.0. The fourth-order valence-electron chi connectivity index (χ4n) is 3.32. The molecule has 0 radical (unpaired) electrons. The third-order valence-electron chi connectivity index (χ3n) is 4.87. The van der Waals surface area contributed by atoms with Gasteiger partial charge in [0.1, 0.15) is 0 Å². The van der Waals surface area contributed by atoms with Crippen molar-refractivity contribution >= 4 is 18.0 Å². The Morgan fingerprint density at radius 1 is 1.25 bits per heavy atom. The lowest BCUT2D eigenvalue weighted by molar-refractivity contribution is -0.150. The average Bonchev–Trinajstić information content (AvgIpc) is 3.15. The summed E-state index contributed by atoms with van der Waals surface area (Å²) >= 11 is 0. The molecule has 1 aliphatic rings. The zero-order chi connectivity index (χ0) is 19.8. The average molecular weight is 381 g/mol. The Labute approximate surface area is 165 Å². The van der Waals surface area contributed by atoms with E-state index in [0.29, 0.717) is 6.54 Å². The van der Waals surface area contributed by atoms with Crippen molar-refractivity contribution < 1.29 is 14.3 Å². The maximum Gasteiger partial charge on any atom is 0.331 e. The van der Waals surface area contributed by atoms with Crippen LogP contribution in [-0.2, 0) is 20.9 Å². The van der Waals surface area contributed by atoms with E-state index >= 15 is 0 Å². The number of benzene rings is 1. The molecule has 0 bridgehead atoms. The van der Waals surface area contributed by atoms with Crippen LogP contribution >= 0.6 is 0 Å². The molecule has 1 atom stereocenters. The number of carbonyl (C=O) groups is 2. The van der Waals surface area contributed by atoms with Crippen molar-refractivity contribution in [2.45, 2.75) is 57.7 Å². The molecule has 1 heterocycles. The molecule has 0 spiro atoms. The Hall–Kier alpha value is -2.89. The molecule has 28 heavy (non-hydrogen) atoms. The fourth-order valence-corrected chi connectivity index (χ4v) is 3.32. The van der Waals surface area contributed by atoms with Gasteiger partial charge in [-0.05, 0) is 31.4 Å². The molecule has 0 saturated heterocycles. The molecule has 1 saturated carbocycles. The summed E-state index contributed by atoms with van der Waals surface area (Å²) in [4.78, 5) is 24.2. The second-order valence-corrected chi connectivity index (χ2v) is 7.21. The molecule has 1 aromatic heterocycles. The minimum absolute atomic E-state index is 0.202. The quantitative estimate of drug-likeness (QED) is 0.590. The maximum atomic E-state index is 12.2. The van der Waals surface area contributed by atoms with Gasteiger partial charge in [0.2, 0.25) is 0 Å². The van der Waals surface area contributed by atoms with Crippen LogP contribution in [0.2, 0.25) is 0 Å². The van der Waals surface area contributed by atoms with E-state index in [0.717, 1.165) is 36.8 Å². The second kappa shape index (κ2) is 9.88. The van der Waals surface area contributed by atoms with Gasteiger partial charge in [0, 0.05) is 23.9 Å². The smallest absolute Gasteiger partial charge is 0.331 e. The van der Waals surface area contributed by atoms with E-state index in [1.165, 1.54) is 12.5 Å². The van der Waals surface area contributed by atoms with E-state index in [1.807, 2.05) is 36.5 Å². The summed E-state index contributed by atoms with van der Waals surface area (Å²) in [5, 5.41) is 7.26. The Kier molecular flexibility index (Phi) is 7.00. The number of nitrogens with one attached hydrogen (secondary N) is 1. The summed E-state index contributed by atoms with van der Waals surface area (Å²) in [6.45, 7) is 2.26. The van der Waals surface area contributed by atoms with Crippen LogP contribution < -0.4 is 5.32 Å². The molecule has 0 aliphatic heterocycles. The van der Waals surface area contributed by atoms with E-state index in [2.05, 4.69) is 10.4 Å². The lowest BCUT2D eigenvalue weighted by Gasteiger charge is -2.24. The van der Waals surface area contributed by atoms with E-state index in [-0.39, 0.29) is 11.9 Å². The number of amides is 1. The molecule has 1 aromatic carbocycles. The first-order valence-electron chi connectivity index (χ1n) is 9.85. The summed E-state index contributed by atoms with van der Waals surface area (Å²) in [6, 6.07) is 10.2. The van der Waals surface area contributed by atoms with Gasteiger partial charge in [0.05, 0.1) is 12.7 Å². The molecule has 1 amide bonds. The van der Waals surface area contributed by atoms with Gasteiger partial charge in [0.15, 0.2) is 6.10 Å². The highest BCUT2D eigenvalue weighted by atomic mass is 16.5. The zero-order valence-corrected chi connectivity index (χ0v) is 16.2. The van der Waals surface area contributed by atoms with Crippen LogP contribution in [0.1, 0.15) is 50.2 Å². The first-order valence-corrected chi connectivity index (χ1v) is 9.85. The number of esters is 1. The topological polar surface area (TPSA) is 73.2 Å². The van der Waals surface area contributed by atoms with Gasteiger partial charge >= 0.3 is 5.97 Å². The monoisotopic (exact) mass is 381 g/mol. The first kappa shape index (κ1) is 19.9. The van der Waals surface area contributed by atoms with Crippen molar-refractivity contribution in [2.24, 2.45) is 0 Å². The first-order chi connectivity index (χ1) is 13.6. The predicted octanol–water partition coefficient (Wildman–Crippen LogP) is 3.33. The molecule has 1 fully saturated rings. The molecule has 1 aliphatic carbocycles. The highest BCUT2D eigenvalue weighted by Crippen LogP contribution is 2.17. The van der Waals surface area contributed by atoms with Gasteiger partial charge in [0.25, 0.3) is 5.91 Å². The summed E-state index contributed by atoms with van der Waals surface area (Å²) in [5.74, 6) is -0.772. The lowest BCUT2D eigenvalue weighted by Crippen LogP contribution is -2.42. The van der Waals surface area contributed by atoms with Crippen LogP contribution in [0.25, 0.3) is 6.08 Å². The Morgan fingerprint density at radius 2 is 2.00 bits per heavy atom. The van der Waals surface area contributed by atoms with Gasteiger partial charge in [-0.25, -0.2) is 4.79 Å². The summed E-state index contributed by atoms with van der Waals surface area (Å²) < 4.78 is 7.02. The number of aromatic nitrogens is 2. The van der Waals surface area contributed by atoms with E-state index in [4.69, 9.17) is 4.74 Å². The van der Waals surface area contributed by atoms with Crippen LogP contribution in [0.5, 0.6) is 0 Å². The van der Waals surface area contributed by atoms with Crippen LogP contribution in [0.15, 0.2) is 48.8 Å². The van der Waals surface area contributed by atoms with E-state index < -0.39 is 12.1 Å². The van der Waals surface area contributed by atoms with Crippen molar-refractivity contribution in [2.75, 3.05) is 0 Å². The molecule has 6 heteroatoms. The van der Waals surface area contributed by atoms with Gasteiger partial charge in [-0.3, -0.25) is 9.48 Å². The van der Waals surface area contributed by atoms with Crippen molar-refractivity contribution in [3.8, 4) is 0 Å². The van der Waals surface area contributed by atoms with Crippen molar-refractivity contribution in [3.05, 3.63) is 59.9 Å². The molecule has 6 nitrogen and oxygen atoms in total. The summed E-state index contributed by atoms with van der Waals surface area (Å²) in [7, 11) is 0. The minimum Gasteiger partial charge on any atom is -0.449 e. The number of hydrogen-bond donors (Lipinski definition) is 1. The Morgan fingerprint density at radius 3 is 2.75 bits per heavy atom. The number of hydrogen-bond acceptors (Lipinski definition) is 4. The van der Waals surface area contributed by atoms with Crippen LogP contribution in [0.3, 0.4) is 0 Å². The van der Waals surface area contributed by atoms with E-state index in [9.17, 15) is 9.59 Å². The summed E-state index contributed by atoms with van der Waals surface area (Å²) in [6.07, 6.45) is 11.2. The lowest BCUT2D eigenvalue weighted by atomic mass is 9.95. The Bertz CT molecular complexity index is 807. The highest BCUT2D eigenvalue weighted by Gasteiger charge is 2.21. The number of carbonyl (C=O) groups excluding carboxylic acids is 2. The predicted molar refractivity (Wildman–Crippen MR) is 107 cm³/mol. The van der Waals surface area contributed by atoms with Crippen LogP contribution in [0, 0.1) is 0 Å². The van der Waals surface area contributed by atoms with Crippen molar-refractivity contribution in [1.29, 1.82) is 0 Å². The second-order valence-electron chi connectivity index (χ2n) is 7.21. The number of ether oxygens (including phenoxy) is 1. The standard InChI is InChI=1S/C22H27N3O3/c1-17(22(27)24-20-10-6-3-7-11-20)28-21(26)13-12-19-14-23-25(16-19)15-18-8-4-2-5-9-18/h2,4-5,8-9,12-14,16-17,20H,3,6-7,10-11,15H2,1H3,(H,24,27)/b13-12+/t17-/m0/s1. The highest BCUT2D eigenvalue weighted by molar-refractivity contribution is 5.90. The molecule has 1 N–H and O–H groups in total. The van der Waals surface area contributed by atoms with Crippen LogP contribution in [0.4, 0.5) is 0 Å². The van der Waals surface area contributed by atoms with Gasteiger partial charge < -0.3 is 10.1 Å². The number of rotatable bonds is 7. The summed E-state index contributed by atoms with van der Waals surface area (Å²) in [5.41, 5.74) is 1.95. The molecule has 2 aromatic rings. The fraction of sp³-hybridized carbons (Fsp3) is 0.409. The number of nitrogens with zero attached hydrogens (tertiary/aromatic N) is 2. The van der Waals surface area contributed by atoms with Gasteiger partial charge in [-0.1, -0.05) is 49.6 Å². The molecular weight excluding hydrogens is 354 g/mol. The minimum atomic E-state index is -0.806. The Balaban J connectivity index is 1.46. The van der Waals surface area contributed by atoms with Crippen molar-refractivity contribution in [1.82, 2.24) is 15.1 Å².